The summed E-state index contributed by atoms with van der Waals surface area (Å²) >= 11 is 0. The Morgan fingerprint density at radius 2 is 2.15 bits per heavy atom. The Kier molecular flexibility index (Phi) is 4.20. The van der Waals surface area contributed by atoms with Crippen molar-refractivity contribution < 1.29 is 9.53 Å². The number of nitrogens with zero attached hydrogens (tertiary/aromatic N) is 1. The first kappa shape index (κ1) is 13.9. The van der Waals surface area contributed by atoms with E-state index in [1.54, 1.807) is 13.2 Å². The number of aromatic nitrogens is 1. The lowest BCUT2D eigenvalue weighted by atomic mass is 10.1. The molecule has 0 fully saturated rings. The average molecular weight is 271 g/mol. The van der Waals surface area contributed by atoms with E-state index in [2.05, 4.69) is 10.3 Å². The van der Waals surface area contributed by atoms with E-state index in [0.29, 0.717) is 17.3 Å². The van der Waals surface area contributed by atoms with Gasteiger partial charge in [0.1, 0.15) is 11.6 Å². The summed E-state index contributed by atoms with van der Waals surface area (Å²) in [6.45, 7) is 1.87. The normalized spacial score (nSPS) is 10.1. The van der Waals surface area contributed by atoms with Crippen LogP contribution in [0.4, 0.5) is 11.5 Å². The van der Waals surface area contributed by atoms with E-state index < -0.39 is 0 Å². The largest absolute Gasteiger partial charge is 0.496 e. The number of hydrogen-bond acceptors (Lipinski definition) is 4. The number of nitrogen functional groups attached to an aromatic ring is 1. The Balaban J connectivity index is 2.07. The third-order valence-electron chi connectivity index (χ3n) is 2.96. The van der Waals surface area contributed by atoms with E-state index in [1.165, 1.54) is 6.20 Å². The van der Waals surface area contributed by atoms with Gasteiger partial charge >= 0.3 is 0 Å². The minimum absolute atomic E-state index is 0.147. The number of ether oxygens (including phenoxy) is 1. The summed E-state index contributed by atoms with van der Waals surface area (Å²) in [6, 6.07) is 9.17. The number of amides is 1. The molecule has 2 aromatic rings. The van der Waals surface area contributed by atoms with Gasteiger partial charge in [-0.15, -0.1) is 0 Å². The second kappa shape index (κ2) is 6.06. The molecule has 5 heteroatoms. The number of benzene rings is 1. The Morgan fingerprint density at radius 3 is 2.85 bits per heavy atom. The van der Waals surface area contributed by atoms with Crippen LogP contribution < -0.4 is 15.8 Å². The molecular formula is C15H17N3O2. The number of carbonyl (C=O) groups is 1. The van der Waals surface area contributed by atoms with Gasteiger partial charge in [-0.05, 0) is 24.6 Å². The summed E-state index contributed by atoms with van der Waals surface area (Å²) in [5.41, 5.74) is 8.01. The molecule has 0 aliphatic heterocycles. The van der Waals surface area contributed by atoms with Gasteiger partial charge in [-0.1, -0.05) is 18.2 Å². The predicted molar refractivity (Wildman–Crippen MR) is 78.7 cm³/mol. The molecule has 0 bridgehead atoms. The summed E-state index contributed by atoms with van der Waals surface area (Å²) in [4.78, 5) is 16.1. The molecule has 1 aromatic carbocycles. The summed E-state index contributed by atoms with van der Waals surface area (Å²) in [5.74, 6) is 1.05. The maximum Gasteiger partial charge on any atom is 0.230 e. The predicted octanol–water partition coefficient (Wildman–Crippen LogP) is 2.16. The summed E-state index contributed by atoms with van der Waals surface area (Å²) in [6.07, 6.45) is 1.77. The fourth-order valence-corrected chi connectivity index (χ4v) is 1.84. The lowest BCUT2D eigenvalue weighted by Gasteiger charge is -2.09. The van der Waals surface area contributed by atoms with Crippen molar-refractivity contribution >= 4 is 17.4 Å². The van der Waals surface area contributed by atoms with Gasteiger partial charge in [0.15, 0.2) is 0 Å². The van der Waals surface area contributed by atoms with Gasteiger partial charge in [-0.2, -0.15) is 0 Å². The van der Waals surface area contributed by atoms with E-state index >= 15 is 0 Å². The Morgan fingerprint density at radius 1 is 1.40 bits per heavy atom. The number of aryl methyl sites for hydroxylation is 1. The number of nitrogens with one attached hydrogen (secondary N) is 1. The highest BCUT2D eigenvalue weighted by atomic mass is 16.5. The molecule has 3 N–H and O–H groups in total. The van der Waals surface area contributed by atoms with Crippen LogP contribution in [0, 0.1) is 6.92 Å². The maximum absolute atomic E-state index is 12.0. The van der Waals surface area contributed by atoms with Crippen LogP contribution in [0.3, 0.4) is 0 Å². The molecule has 0 unspecified atom stereocenters. The topological polar surface area (TPSA) is 77.2 Å². The van der Waals surface area contributed by atoms with Gasteiger partial charge < -0.3 is 15.8 Å². The van der Waals surface area contributed by atoms with Crippen molar-refractivity contribution in [3.8, 4) is 5.75 Å². The first-order chi connectivity index (χ1) is 9.60. The maximum atomic E-state index is 12.0. The van der Waals surface area contributed by atoms with Crippen LogP contribution in [-0.4, -0.2) is 18.0 Å². The van der Waals surface area contributed by atoms with Gasteiger partial charge in [-0.25, -0.2) is 4.98 Å². The lowest BCUT2D eigenvalue weighted by Crippen LogP contribution is -2.16. The number of carbonyl (C=O) groups excluding carboxylic acids is 1. The first-order valence-corrected chi connectivity index (χ1v) is 6.24. The number of rotatable bonds is 4. The van der Waals surface area contributed by atoms with Crippen LogP contribution in [0.5, 0.6) is 5.75 Å². The molecule has 1 amide bonds. The van der Waals surface area contributed by atoms with E-state index in [-0.39, 0.29) is 12.3 Å². The molecule has 104 valence electrons. The van der Waals surface area contributed by atoms with E-state index in [1.807, 2.05) is 31.2 Å². The number of anilines is 2. The molecule has 0 spiro atoms. The van der Waals surface area contributed by atoms with Crippen molar-refractivity contribution in [2.45, 2.75) is 13.3 Å². The molecular weight excluding hydrogens is 254 g/mol. The third kappa shape index (κ3) is 3.26. The SMILES string of the molecule is COc1ccccc1CC(=O)Nc1cc(C)c(N)cn1. The third-order valence-corrected chi connectivity index (χ3v) is 2.96. The van der Waals surface area contributed by atoms with Crippen LogP contribution in [0.15, 0.2) is 36.5 Å². The van der Waals surface area contributed by atoms with Crippen molar-refractivity contribution in [2.75, 3.05) is 18.2 Å². The van der Waals surface area contributed by atoms with Gasteiger partial charge in [0.2, 0.25) is 5.91 Å². The molecule has 1 aromatic heterocycles. The average Bonchev–Trinajstić information content (AvgIpc) is 2.43. The second-order valence-corrected chi connectivity index (χ2v) is 4.46. The molecule has 0 saturated carbocycles. The molecule has 1 heterocycles. The van der Waals surface area contributed by atoms with Crippen LogP contribution in [0.2, 0.25) is 0 Å². The van der Waals surface area contributed by atoms with Gasteiger partial charge in [0.05, 0.1) is 25.4 Å². The molecule has 0 aliphatic carbocycles. The Hall–Kier alpha value is -2.56. The van der Waals surface area contributed by atoms with Gasteiger partial charge in [0.25, 0.3) is 0 Å². The molecule has 2 rings (SSSR count). The zero-order chi connectivity index (χ0) is 14.5. The van der Waals surface area contributed by atoms with E-state index in [9.17, 15) is 4.79 Å². The van der Waals surface area contributed by atoms with E-state index in [0.717, 1.165) is 11.1 Å². The standard InChI is InChI=1S/C15H17N3O2/c1-10-7-14(17-9-12(10)16)18-15(19)8-11-5-3-4-6-13(11)20-2/h3-7,9H,8,16H2,1-2H3,(H,17,18,19). The highest BCUT2D eigenvalue weighted by Gasteiger charge is 2.09. The second-order valence-electron chi connectivity index (χ2n) is 4.46. The van der Waals surface area contributed by atoms with Crippen LogP contribution in [-0.2, 0) is 11.2 Å². The van der Waals surface area contributed by atoms with Gasteiger partial charge in [-0.3, -0.25) is 4.79 Å². The molecule has 5 nitrogen and oxygen atoms in total. The molecule has 0 aliphatic rings. The molecule has 20 heavy (non-hydrogen) atoms. The lowest BCUT2D eigenvalue weighted by molar-refractivity contribution is -0.115. The number of para-hydroxylation sites is 1. The highest BCUT2D eigenvalue weighted by Crippen LogP contribution is 2.18. The zero-order valence-corrected chi connectivity index (χ0v) is 11.5. The number of methoxy groups -OCH3 is 1. The molecule has 0 radical (unpaired) electrons. The summed E-state index contributed by atoms with van der Waals surface area (Å²) < 4.78 is 5.22. The highest BCUT2D eigenvalue weighted by molar-refractivity contribution is 5.92. The van der Waals surface area contributed by atoms with Crippen LogP contribution in [0.25, 0.3) is 0 Å². The Labute approximate surface area is 117 Å². The number of nitrogens with two attached hydrogens (primary N) is 1. The smallest absolute Gasteiger partial charge is 0.230 e. The van der Waals surface area contributed by atoms with Crippen molar-refractivity contribution in [1.29, 1.82) is 0 Å². The van der Waals surface area contributed by atoms with Crippen LogP contribution in [0.1, 0.15) is 11.1 Å². The number of hydrogen-bond donors (Lipinski definition) is 2. The van der Waals surface area contributed by atoms with Crippen molar-refractivity contribution in [2.24, 2.45) is 0 Å². The van der Waals surface area contributed by atoms with Crippen molar-refractivity contribution in [3.63, 3.8) is 0 Å². The minimum atomic E-state index is -0.147. The van der Waals surface area contributed by atoms with Crippen LogP contribution >= 0.6 is 0 Å². The minimum Gasteiger partial charge on any atom is -0.496 e. The monoisotopic (exact) mass is 271 g/mol. The quantitative estimate of drug-likeness (QED) is 0.893. The van der Waals surface area contributed by atoms with Gasteiger partial charge in [0, 0.05) is 5.56 Å². The zero-order valence-electron chi connectivity index (χ0n) is 11.5. The molecule has 0 atom stereocenters. The number of pyridine rings is 1. The summed E-state index contributed by atoms with van der Waals surface area (Å²) in [5, 5.41) is 2.75. The fraction of sp³-hybridized carbons (Fsp3) is 0.200. The molecule has 0 saturated heterocycles. The Bertz CT molecular complexity index is 626. The first-order valence-electron chi connectivity index (χ1n) is 6.24. The van der Waals surface area contributed by atoms with E-state index in [4.69, 9.17) is 10.5 Å². The van der Waals surface area contributed by atoms with Crippen molar-refractivity contribution in [3.05, 3.63) is 47.7 Å². The fourth-order valence-electron chi connectivity index (χ4n) is 1.84. The van der Waals surface area contributed by atoms with Crippen molar-refractivity contribution in [1.82, 2.24) is 4.98 Å². The summed E-state index contributed by atoms with van der Waals surface area (Å²) in [7, 11) is 1.58.